The third kappa shape index (κ3) is 2.45. The zero-order valence-corrected chi connectivity index (χ0v) is 12.1. The fourth-order valence-corrected chi connectivity index (χ4v) is 2.91. The normalized spacial score (nSPS) is 17.0. The SMILES string of the molecule is COc1ccc2c(c1)CC[C@@H](c1ccc([N+](=O)[O-])cc1)C2=O. The van der Waals surface area contributed by atoms with Crippen LogP contribution in [0.15, 0.2) is 42.5 Å². The topological polar surface area (TPSA) is 69.4 Å². The zero-order valence-electron chi connectivity index (χ0n) is 12.1. The Balaban J connectivity index is 1.90. The molecule has 1 aliphatic rings. The molecule has 0 aromatic heterocycles. The number of nitrogens with zero attached hydrogens (tertiary/aromatic N) is 1. The van der Waals surface area contributed by atoms with Crippen LogP contribution in [0.5, 0.6) is 5.75 Å². The Morgan fingerprint density at radius 1 is 1.18 bits per heavy atom. The molecule has 0 spiro atoms. The van der Waals surface area contributed by atoms with Gasteiger partial charge in [0.1, 0.15) is 5.75 Å². The molecule has 5 nitrogen and oxygen atoms in total. The van der Waals surface area contributed by atoms with E-state index in [-0.39, 0.29) is 17.4 Å². The summed E-state index contributed by atoms with van der Waals surface area (Å²) in [7, 11) is 1.60. The number of rotatable bonds is 3. The molecule has 0 heterocycles. The average Bonchev–Trinajstić information content (AvgIpc) is 2.55. The van der Waals surface area contributed by atoms with Gasteiger partial charge in [-0.1, -0.05) is 12.1 Å². The summed E-state index contributed by atoms with van der Waals surface area (Å²) in [6.45, 7) is 0. The van der Waals surface area contributed by atoms with Crippen molar-refractivity contribution in [1.82, 2.24) is 0 Å². The second-order valence-electron chi connectivity index (χ2n) is 5.33. The second kappa shape index (κ2) is 5.60. The molecule has 0 amide bonds. The predicted octanol–water partition coefficient (Wildman–Crippen LogP) is 3.52. The predicted molar refractivity (Wildman–Crippen MR) is 81.5 cm³/mol. The highest BCUT2D eigenvalue weighted by Crippen LogP contribution is 2.34. The van der Waals surface area contributed by atoms with E-state index < -0.39 is 4.92 Å². The molecule has 0 radical (unpaired) electrons. The van der Waals surface area contributed by atoms with Gasteiger partial charge in [0.2, 0.25) is 0 Å². The number of fused-ring (bicyclic) bond motifs is 1. The number of carbonyl (C=O) groups is 1. The minimum Gasteiger partial charge on any atom is -0.497 e. The minimum absolute atomic E-state index is 0.0390. The van der Waals surface area contributed by atoms with E-state index in [0.29, 0.717) is 6.42 Å². The van der Waals surface area contributed by atoms with Crippen molar-refractivity contribution in [2.24, 2.45) is 0 Å². The lowest BCUT2D eigenvalue weighted by Crippen LogP contribution is -2.21. The largest absolute Gasteiger partial charge is 0.497 e. The summed E-state index contributed by atoms with van der Waals surface area (Å²) in [5.41, 5.74) is 2.59. The van der Waals surface area contributed by atoms with Crippen molar-refractivity contribution in [1.29, 1.82) is 0 Å². The van der Waals surface area contributed by atoms with E-state index in [1.807, 2.05) is 6.07 Å². The second-order valence-corrected chi connectivity index (χ2v) is 5.33. The first-order chi connectivity index (χ1) is 10.6. The molecule has 22 heavy (non-hydrogen) atoms. The lowest BCUT2D eigenvalue weighted by molar-refractivity contribution is -0.384. The van der Waals surface area contributed by atoms with Crippen molar-refractivity contribution in [3.63, 3.8) is 0 Å². The minimum atomic E-state index is -0.436. The summed E-state index contributed by atoms with van der Waals surface area (Å²) in [5.74, 6) is 0.583. The number of ether oxygens (including phenoxy) is 1. The van der Waals surface area contributed by atoms with Gasteiger partial charge >= 0.3 is 0 Å². The number of methoxy groups -OCH3 is 1. The molecule has 3 rings (SSSR count). The van der Waals surface area contributed by atoms with Gasteiger partial charge in [0.15, 0.2) is 5.78 Å². The Morgan fingerprint density at radius 3 is 2.55 bits per heavy atom. The van der Waals surface area contributed by atoms with Crippen molar-refractivity contribution in [3.05, 3.63) is 69.3 Å². The first kappa shape index (κ1) is 14.3. The summed E-state index contributed by atoms with van der Waals surface area (Å²) >= 11 is 0. The highest BCUT2D eigenvalue weighted by Gasteiger charge is 2.29. The summed E-state index contributed by atoms with van der Waals surface area (Å²) in [6.07, 6.45) is 1.50. The lowest BCUT2D eigenvalue weighted by Gasteiger charge is -2.24. The van der Waals surface area contributed by atoms with Gasteiger partial charge in [0.25, 0.3) is 5.69 Å². The number of Topliss-reactive ketones (excluding diaryl/α,β-unsaturated/α-hetero) is 1. The van der Waals surface area contributed by atoms with E-state index >= 15 is 0 Å². The number of hydrogen-bond donors (Lipinski definition) is 0. The number of non-ortho nitro benzene ring substituents is 1. The van der Waals surface area contributed by atoms with Gasteiger partial charge in [0.05, 0.1) is 12.0 Å². The van der Waals surface area contributed by atoms with E-state index in [2.05, 4.69) is 0 Å². The Kier molecular flexibility index (Phi) is 3.63. The fourth-order valence-electron chi connectivity index (χ4n) is 2.91. The quantitative estimate of drug-likeness (QED) is 0.642. The van der Waals surface area contributed by atoms with Gasteiger partial charge < -0.3 is 4.74 Å². The molecule has 0 saturated heterocycles. The summed E-state index contributed by atoms with van der Waals surface area (Å²) in [4.78, 5) is 22.9. The molecule has 0 fully saturated rings. The van der Waals surface area contributed by atoms with Gasteiger partial charge in [-0.2, -0.15) is 0 Å². The molecule has 0 N–H and O–H groups in total. The Morgan fingerprint density at radius 2 is 1.91 bits per heavy atom. The molecule has 1 atom stereocenters. The van der Waals surface area contributed by atoms with Crippen LogP contribution in [-0.4, -0.2) is 17.8 Å². The number of aryl methyl sites for hydroxylation is 1. The van der Waals surface area contributed by atoms with Crippen LogP contribution in [-0.2, 0) is 6.42 Å². The number of nitro benzene ring substituents is 1. The highest BCUT2D eigenvalue weighted by molar-refractivity contribution is 6.03. The van der Waals surface area contributed by atoms with Crippen molar-refractivity contribution in [2.75, 3.05) is 7.11 Å². The maximum atomic E-state index is 12.7. The van der Waals surface area contributed by atoms with Crippen LogP contribution in [0.25, 0.3) is 0 Å². The fraction of sp³-hybridized carbons (Fsp3) is 0.235. The average molecular weight is 297 g/mol. The Labute approximate surface area is 127 Å². The van der Waals surface area contributed by atoms with Gasteiger partial charge in [-0.05, 0) is 42.2 Å². The third-order valence-electron chi connectivity index (χ3n) is 4.10. The molecule has 2 aromatic carbocycles. The first-order valence-corrected chi connectivity index (χ1v) is 7.05. The molecule has 5 heteroatoms. The van der Waals surface area contributed by atoms with Crippen molar-refractivity contribution in [2.45, 2.75) is 18.8 Å². The van der Waals surface area contributed by atoms with Crippen LogP contribution in [0.1, 0.15) is 33.8 Å². The molecule has 112 valence electrons. The van der Waals surface area contributed by atoms with E-state index in [1.165, 1.54) is 12.1 Å². The van der Waals surface area contributed by atoms with Gasteiger partial charge in [-0.3, -0.25) is 14.9 Å². The summed E-state index contributed by atoms with van der Waals surface area (Å²) in [6, 6.07) is 11.7. The number of benzene rings is 2. The monoisotopic (exact) mass is 297 g/mol. The Hall–Kier alpha value is -2.69. The van der Waals surface area contributed by atoms with Crippen LogP contribution < -0.4 is 4.74 Å². The molecule has 0 aliphatic heterocycles. The maximum absolute atomic E-state index is 12.7. The Bertz CT molecular complexity index is 737. The van der Waals surface area contributed by atoms with E-state index in [1.54, 1.807) is 31.4 Å². The van der Waals surface area contributed by atoms with Crippen molar-refractivity contribution in [3.8, 4) is 5.75 Å². The summed E-state index contributed by atoms with van der Waals surface area (Å²) in [5, 5.41) is 10.7. The van der Waals surface area contributed by atoms with Gasteiger partial charge in [-0.25, -0.2) is 0 Å². The maximum Gasteiger partial charge on any atom is 0.269 e. The molecule has 0 bridgehead atoms. The van der Waals surface area contributed by atoms with Crippen LogP contribution in [0.4, 0.5) is 5.69 Å². The molecular weight excluding hydrogens is 282 g/mol. The molecule has 0 saturated carbocycles. The van der Waals surface area contributed by atoms with Crippen molar-refractivity contribution >= 4 is 11.5 Å². The summed E-state index contributed by atoms with van der Waals surface area (Å²) < 4.78 is 5.19. The van der Waals surface area contributed by atoms with Gasteiger partial charge in [-0.15, -0.1) is 0 Å². The third-order valence-corrected chi connectivity index (χ3v) is 4.10. The van der Waals surface area contributed by atoms with Gasteiger partial charge in [0, 0.05) is 23.6 Å². The van der Waals surface area contributed by atoms with Crippen LogP contribution in [0, 0.1) is 10.1 Å². The van der Waals surface area contributed by atoms with Crippen LogP contribution in [0.3, 0.4) is 0 Å². The number of carbonyl (C=O) groups excluding carboxylic acids is 1. The van der Waals surface area contributed by atoms with Crippen LogP contribution >= 0.6 is 0 Å². The smallest absolute Gasteiger partial charge is 0.269 e. The number of ketones is 1. The molecular formula is C17H15NO4. The number of nitro groups is 1. The lowest BCUT2D eigenvalue weighted by atomic mass is 9.79. The van der Waals surface area contributed by atoms with E-state index in [9.17, 15) is 14.9 Å². The van der Waals surface area contributed by atoms with E-state index in [4.69, 9.17) is 4.74 Å². The molecule has 0 unspecified atom stereocenters. The number of hydrogen-bond acceptors (Lipinski definition) is 4. The first-order valence-electron chi connectivity index (χ1n) is 7.05. The highest BCUT2D eigenvalue weighted by atomic mass is 16.6. The van der Waals surface area contributed by atoms with Crippen LogP contribution in [0.2, 0.25) is 0 Å². The molecule has 2 aromatic rings. The van der Waals surface area contributed by atoms with E-state index in [0.717, 1.165) is 28.9 Å². The zero-order chi connectivity index (χ0) is 15.7. The van der Waals surface area contributed by atoms with Crippen molar-refractivity contribution < 1.29 is 14.5 Å². The standard InChI is InChI=1S/C17H15NO4/c1-22-14-7-9-16-12(10-14)4-8-15(17(16)19)11-2-5-13(6-3-11)18(20)21/h2-3,5-7,9-10,15H,4,8H2,1H3/t15-/m0/s1. The molecule has 1 aliphatic carbocycles.